The van der Waals surface area contributed by atoms with E-state index in [1.807, 2.05) is 0 Å². The molecule has 28 heavy (non-hydrogen) atoms. The number of azide groups is 1. The van der Waals surface area contributed by atoms with E-state index in [0.717, 1.165) is 6.92 Å². The Balaban J connectivity index is 2.18. The second-order valence-corrected chi connectivity index (χ2v) is 6.49. The van der Waals surface area contributed by atoms with E-state index in [2.05, 4.69) is 15.3 Å². The molecule has 2 fully saturated rings. The summed E-state index contributed by atoms with van der Waals surface area (Å²) in [4.78, 5) is 13.8. The van der Waals surface area contributed by atoms with Gasteiger partial charge in [-0.1, -0.05) is 5.11 Å². The summed E-state index contributed by atoms with van der Waals surface area (Å²) in [5.41, 5.74) is 8.40. The van der Waals surface area contributed by atoms with Crippen LogP contribution in [0.1, 0.15) is 6.92 Å². The summed E-state index contributed by atoms with van der Waals surface area (Å²) in [6.45, 7) is 0.0862. The lowest BCUT2D eigenvalue weighted by atomic mass is 9.95. The second-order valence-electron chi connectivity index (χ2n) is 6.49. The van der Waals surface area contributed by atoms with Crippen LogP contribution in [-0.4, -0.2) is 111 Å². The molecule has 0 aromatic carbocycles. The van der Waals surface area contributed by atoms with Crippen LogP contribution in [0, 0.1) is 0 Å². The van der Waals surface area contributed by atoms with Crippen LogP contribution in [0.2, 0.25) is 0 Å². The molecule has 14 nitrogen and oxygen atoms in total. The fourth-order valence-corrected chi connectivity index (χ4v) is 3.09. The van der Waals surface area contributed by atoms with Crippen molar-refractivity contribution in [3.05, 3.63) is 10.4 Å². The lowest BCUT2D eigenvalue weighted by Crippen LogP contribution is -2.67. The van der Waals surface area contributed by atoms with Gasteiger partial charge in [-0.15, -0.1) is 0 Å². The number of aliphatic hydroxyl groups excluding tert-OH is 6. The molecule has 0 saturated carbocycles. The van der Waals surface area contributed by atoms with Crippen LogP contribution in [0.15, 0.2) is 5.11 Å². The molecule has 4 unspecified atom stereocenters. The second kappa shape index (κ2) is 9.76. The first-order valence-corrected chi connectivity index (χ1v) is 8.46. The maximum absolute atomic E-state index is 11.3. The van der Waals surface area contributed by atoms with Crippen molar-refractivity contribution in [2.45, 2.75) is 68.3 Å². The van der Waals surface area contributed by atoms with E-state index < -0.39 is 73.9 Å². The molecule has 2 saturated heterocycles. The Morgan fingerprint density at radius 1 is 1.11 bits per heavy atom. The average Bonchev–Trinajstić information content (AvgIpc) is 2.65. The van der Waals surface area contributed by atoms with Gasteiger partial charge in [0.1, 0.15) is 42.7 Å². The quantitative estimate of drug-likeness (QED) is 0.128. The molecule has 0 aromatic rings. The van der Waals surface area contributed by atoms with Gasteiger partial charge in [-0.3, -0.25) is 4.79 Å². The predicted molar refractivity (Wildman–Crippen MR) is 87.1 cm³/mol. The Bertz CT molecular complexity index is 590. The Morgan fingerprint density at radius 3 is 2.36 bits per heavy atom. The molecular weight excluding hydrogens is 384 g/mol. The smallest absolute Gasteiger partial charge is 0.217 e. The maximum atomic E-state index is 11.3. The fourth-order valence-electron chi connectivity index (χ4n) is 3.09. The van der Waals surface area contributed by atoms with Gasteiger partial charge >= 0.3 is 0 Å². The third-order valence-electron chi connectivity index (χ3n) is 4.53. The number of rotatable bonds is 6. The minimum atomic E-state index is -1.75. The van der Waals surface area contributed by atoms with Crippen molar-refractivity contribution in [2.24, 2.45) is 5.11 Å². The molecule has 2 aliphatic heterocycles. The minimum absolute atomic E-state index is 0.373. The van der Waals surface area contributed by atoms with Gasteiger partial charge in [0.05, 0.1) is 19.3 Å². The highest BCUT2D eigenvalue weighted by Gasteiger charge is 2.50. The number of nitrogens with zero attached hydrogens (tertiary/aromatic N) is 3. The zero-order chi connectivity index (χ0) is 21.0. The summed E-state index contributed by atoms with van der Waals surface area (Å²) >= 11 is 0. The van der Waals surface area contributed by atoms with E-state index in [0.29, 0.717) is 0 Å². The topological polar surface area (TPSA) is 227 Å². The standard InChI is InChI=1S/C14H24N4O10/c1-4(20)17-7-9(22)12(6(3-19)26-13(7)25)28-14-11(24)10(23)8(21)5(27-14)2-16-18-15/h5-14,19,21-25H,2-3H2,1H3,(H,17,20)/t5?,6?,7?,8-,9+,10-,11?,12+,13+,14-/m0/s1. The molecule has 0 radical (unpaired) electrons. The van der Waals surface area contributed by atoms with Gasteiger partial charge in [0.25, 0.3) is 0 Å². The van der Waals surface area contributed by atoms with E-state index in [4.69, 9.17) is 19.7 Å². The summed E-state index contributed by atoms with van der Waals surface area (Å²) in [5.74, 6) is -0.574. The van der Waals surface area contributed by atoms with Crippen LogP contribution in [0.3, 0.4) is 0 Å². The Kier molecular flexibility index (Phi) is 7.91. The first-order chi connectivity index (χ1) is 13.2. The fraction of sp³-hybridized carbons (Fsp3) is 0.929. The van der Waals surface area contributed by atoms with Crippen molar-refractivity contribution in [1.82, 2.24) is 5.32 Å². The summed E-state index contributed by atoms with van der Waals surface area (Å²) < 4.78 is 15.9. The number of carbonyl (C=O) groups excluding carboxylic acids is 1. The summed E-state index contributed by atoms with van der Waals surface area (Å²) in [6, 6.07) is -1.31. The van der Waals surface area contributed by atoms with Crippen molar-refractivity contribution in [2.75, 3.05) is 13.2 Å². The van der Waals surface area contributed by atoms with Gasteiger partial charge in [0, 0.05) is 11.8 Å². The largest absolute Gasteiger partial charge is 0.394 e. The molecule has 0 bridgehead atoms. The van der Waals surface area contributed by atoms with Crippen LogP contribution >= 0.6 is 0 Å². The highest BCUT2D eigenvalue weighted by atomic mass is 16.7. The molecule has 1 amide bonds. The Hall–Kier alpha value is -1.58. The monoisotopic (exact) mass is 408 g/mol. The van der Waals surface area contributed by atoms with E-state index in [1.165, 1.54) is 0 Å². The summed E-state index contributed by atoms with van der Waals surface area (Å²) in [5, 5.41) is 65.4. The number of ether oxygens (including phenoxy) is 3. The van der Waals surface area contributed by atoms with E-state index >= 15 is 0 Å². The van der Waals surface area contributed by atoms with E-state index in [1.54, 1.807) is 0 Å². The zero-order valence-corrected chi connectivity index (χ0v) is 14.8. The van der Waals surface area contributed by atoms with Crippen molar-refractivity contribution in [3.63, 3.8) is 0 Å². The molecule has 2 aliphatic rings. The van der Waals surface area contributed by atoms with Gasteiger partial charge < -0.3 is 50.2 Å². The molecule has 10 atom stereocenters. The summed E-state index contributed by atoms with van der Waals surface area (Å²) in [7, 11) is 0. The molecule has 14 heteroatoms. The SMILES string of the molecule is CC(=O)NC1[C@H](O)OC(CO)[C@@H](O[C@@H]2OC(CN=[N+]=[N-])[C@H](O)[C@H](O)C2O)[C@@H]1O. The van der Waals surface area contributed by atoms with Crippen LogP contribution in [-0.2, 0) is 19.0 Å². The van der Waals surface area contributed by atoms with Crippen LogP contribution < -0.4 is 5.32 Å². The third-order valence-corrected chi connectivity index (χ3v) is 4.53. The van der Waals surface area contributed by atoms with Gasteiger partial charge in [-0.05, 0) is 5.53 Å². The first-order valence-electron chi connectivity index (χ1n) is 8.46. The molecule has 0 aliphatic carbocycles. The van der Waals surface area contributed by atoms with Crippen molar-refractivity contribution in [1.29, 1.82) is 0 Å². The molecule has 160 valence electrons. The van der Waals surface area contributed by atoms with Crippen LogP contribution in [0.5, 0.6) is 0 Å². The lowest BCUT2D eigenvalue weighted by molar-refractivity contribution is -0.341. The van der Waals surface area contributed by atoms with E-state index in [-0.39, 0.29) is 6.54 Å². The normalized spacial score (nSPS) is 43.8. The number of hydrogen-bond donors (Lipinski definition) is 7. The predicted octanol–water partition coefficient (Wildman–Crippen LogP) is -3.94. The maximum Gasteiger partial charge on any atom is 0.217 e. The molecular formula is C14H24N4O10. The van der Waals surface area contributed by atoms with Gasteiger partial charge in [0.15, 0.2) is 12.6 Å². The molecule has 0 spiro atoms. The average molecular weight is 408 g/mol. The highest BCUT2D eigenvalue weighted by molar-refractivity contribution is 5.73. The van der Waals surface area contributed by atoms with Crippen molar-refractivity contribution >= 4 is 5.91 Å². The third kappa shape index (κ3) is 4.87. The highest BCUT2D eigenvalue weighted by Crippen LogP contribution is 2.28. The van der Waals surface area contributed by atoms with Gasteiger partial charge in [-0.25, -0.2) is 0 Å². The number of hydrogen-bond acceptors (Lipinski definition) is 11. The molecule has 0 aromatic heterocycles. The minimum Gasteiger partial charge on any atom is -0.394 e. The van der Waals surface area contributed by atoms with Crippen LogP contribution in [0.25, 0.3) is 10.4 Å². The molecule has 2 rings (SSSR count). The number of aliphatic hydroxyl groups is 6. The number of amides is 1. The molecule has 7 N–H and O–H groups in total. The van der Waals surface area contributed by atoms with Gasteiger partial charge in [0.2, 0.25) is 5.91 Å². The summed E-state index contributed by atoms with van der Waals surface area (Å²) in [6.07, 6.45) is -13.8. The number of carbonyl (C=O) groups is 1. The van der Waals surface area contributed by atoms with Crippen molar-refractivity contribution in [3.8, 4) is 0 Å². The zero-order valence-electron chi connectivity index (χ0n) is 14.8. The van der Waals surface area contributed by atoms with Crippen LogP contribution in [0.4, 0.5) is 0 Å². The lowest BCUT2D eigenvalue weighted by Gasteiger charge is -2.46. The van der Waals surface area contributed by atoms with Gasteiger partial charge in [-0.2, -0.15) is 0 Å². The molecule has 2 heterocycles. The number of nitrogens with one attached hydrogen (secondary N) is 1. The first kappa shape index (κ1) is 22.7. The van der Waals surface area contributed by atoms with E-state index in [9.17, 15) is 35.4 Å². The Labute approximate surface area is 158 Å². The van der Waals surface area contributed by atoms with Crippen molar-refractivity contribution < 1.29 is 49.6 Å². The Morgan fingerprint density at radius 2 is 1.79 bits per heavy atom.